The molecule has 1 fully saturated rings. The molecule has 1 aromatic carbocycles. The number of benzene rings is 1. The molecule has 1 aromatic rings. The van der Waals surface area contributed by atoms with Crippen molar-refractivity contribution in [2.24, 2.45) is 5.92 Å². The Morgan fingerprint density at radius 2 is 2.04 bits per heavy atom. The van der Waals surface area contributed by atoms with Crippen molar-refractivity contribution in [3.8, 4) is 11.5 Å². The first kappa shape index (κ1) is 21.5. The summed E-state index contributed by atoms with van der Waals surface area (Å²) in [7, 11) is 0.644. The lowest BCUT2D eigenvalue weighted by Crippen LogP contribution is -2.47. The van der Waals surface area contributed by atoms with Gasteiger partial charge in [0.15, 0.2) is 0 Å². The molecule has 8 nitrogen and oxygen atoms in total. The summed E-state index contributed by atoms with van der Waals surface area (Å²) in [5.74, 6) is 0.117. The largest absolute Gasteiger partial charge is 0.497 e. The molecule has 1 amide bonds. The summed E-state index contributed by atoms with van der Waals surface area (Å²) in [5.41, 5.74) is 0. The van der Waals surface area contributed by atoms with Crippen molar-refractivity contribution in [3.05, 3.63) is 18.2 Å². The standard InChI is InChI=1S/C18H28N2O6S/c1-13(12-24-2)19-18(21)14-6-5-9-20(11-14)27(22,23)17-10-15(25-3)7-8-16(17)26-4/h7-8,10,13-14H,5-6,9,11-12H2,1-4H3,(H,19,21)/t13-,14+/m1/s1. The number of ether oxygens (including phenoxy) is 3. The molecule has 27 heavy (non-hydrogen) atoms. The molecule has 1 N–H and O–H groups in total. The van der Waals surface area contributed by atoms with Gasteiger partial charge in [0.1, 0.15) is 16.4 Å². The van der Waals surface area contributed by atoms with Crippen molar-refractivity contribution in [2.45, 2.75) is 30.7 Å². The van der Waals surface area contributed by atoms with Crippen LogP contribution in [-0.2, 0) is 19.6 Å². The predicted octanol–water partition coefficient (Wildman–Crippen LogP) is 1.26. The van der Waals surface area contributed by atoms with Crippen LogP contribution in [0.2, 0.25) is 0 Å². The zero-order valence-corrected chi connectivity index (χ0v) is 17.0. The van der Waals surface area contributed by atoms with Crippen LogP contribution in [-0.4, -0.2) is 65.7 Å². The summed E-state index contributed by atoms with van der Waals surface area (Å²) in [4.78, 5) is 12.5. The molecule has 2 rings (SSSR count). The number of methoxy groups -OCH3 is 3. The first-order valence-electron chi connectivity index (χ1n) is 8.85. The summed E-state index contributed by atoms with van der Waals surface area (Å²) in [5, 5.41) is 2.87. The van der Waals surface area contributed by atoms with Crippen LogP contribution < -0.4 is 14.8 Å². The van der Waals surface area contributed by atoms with Gasteiger partial charge in [-0.15, -0.1) is 0 Å². The summed E-state index contributed by atoms with van der Waals surface area (Å²) in [6, 6.07) is 4.51. The average molecular weight is 400 g/mol. The third kappa shape index (κ3) is 5.12. The summed E-state index contributed by atoms with van der Waals surface area (Å²) in [6.07, 6.45) is 1.26. The van der Waals surface area contributed by atoms with Gasteiger partial charge >= 0.3 is 0 Å². The number of hydrogen-bond donors (Lipinski definition) is 1. The first-order chi connectivity index (χ1) is 12.8. The molecule has 0 radical (unpaired) electrons. The fraction of sp³-hybridized carbons (Fsp3) is 0.611. The van der Waals surface area contributed by atoms with Gasteiger partial charge < -0.3 is 19.5 Å². The van der Waals surface area contributed by atoms with Crippen molar-refractivity contribution in [1.29, 1.82) is 0 Å². The maximum Gasteiger partial charge on any atom is 0.246 e. The molecule has 0 spiro atoms. The predicted molar refractivity (Wildman–Crippen MR) is 101 cm³/mol. The van der Waals surface area contributed by atoms with Crippen LogP contribution in [0.15, 0.2) is 23.1 Å². The van der Waals surface area contributed by atoms with Gasteiger partial charge in [-0.25, -0.2) is 8.42 Å². The van der Waals surface area contributed by atoms with Gasteiger partial charge in [-0.1, -0.05) is 0 Å². The first-order valence-corrected chi connectivity index (χ1v) is 10.3. The highest BCUT2D eigenvalue weighted by molar-refractivity contribution is 7.89. The minimum atomic E-state index is -3.82. The monoisotopic (exact) mass is 400 g/mol. The summed E-state index contributed by atoms with van der Waals surface area (Å²) >= 11 is 0. The number of rotatable bonds is 8. The quantitative estimate of drug-likeness (QED) is 0.706. The van der Waals surface area contributed by atoms with Gasteiger partial charge in [0, 0.05) is 32.3 Å². The molecule has 0 saturated carbocycles. The minimum absolute atomic E-state index is 0.0400. The number of hydrogen-bond acceptors (Lipinski definition) is 6. The lowest BCUT2D eigenvalue weighted by Gasteiger charge is -2.32. The second-order valence-electron chi connectivity index (χ2n) is 6.58. The van der Waals surface area contributed by atoms with Gasteiger partial charge in [-0.3, -0.25) is 4.79 Å². The van der Waals surface area contributed by atoms with E-state index in [1.165, 1.54) is 24.6 Å². The summed E-state index contributed by atoms with van der Waals surface area (Å²) < 4.78 is 43.1. The number of amides is 1. The van der Waals surface area contributed by atoms with Crippen LogP contribution in [0.1, 0.15) is 19.8 Å². The van der Waals surface area contributed by atoms with E-state index in [0.717, 1.165) is 0 Å². The number of nitrogens with zero attached hydrogens (tertiary/aromatic N) is 1. The fourth-order valence-electron chi connectivity index (χ4n) is 3.15. The Morgan fingerprint density at radius 3 is 2.67 bits per heavy atom. The van der Waals surface area contributed by atoms with E-state index in [9.17, 15) is 13.2 Å². The third-order valence-corrected chi connectivity index (χ3v) is 6.44. The van der Waals surface area contributed by atoms with Crippen LogP contribution in [0.4, 0.5) is 0 Å². The Morgan fingerprint density at radius 1 is 1.30 bits per heavy atom. The van der Waals surface area contributed by atoms with E-state index < -0.39 is 15.9 Å². The molecule has 1 saturated heterocycles. The Kier molecular flexibility index (Phi) is 7.46. The van der Waals surface area contributed by atoms with E-state index in [2.05, 4.69) is 5.32 Å². The van der Waals surface area contributed by atoms with Crippen LogP contribution >= 0.6 is 0 Å². The summed E-state index contributed by atoms with van der Waals surface area (Å²) in [6.45, 7) is 2.75. The SMILES string of the molecule is COC[C@@H](C)NC(=O)[C@H]1CCCN(S(=O)(=O)c2cc(OC)ccc2OC)C1. The number of nitrogens with one attached hydrogen (secondary N) is 1. The fourth-order valence-corrected chi connectivity index (χ4v) is 4.85. The lowest BCUT2D eigenvalue weighted by molar-refractivity contribution is -0.127. The van der Waals surface area contributed by atoms with Gasteiger partial charge in [0.25, 0.3) is 0 Å². The number of carbonyl (C=O) groups is 1. The van der Waals surface area contributed by atoms with Crippen molar-refractivity contribution < 1.29 is 27.4 Å². The Bertz CT molecular complexity index is 752. The van der Waals surface area contributed by atoms with Crippen molar-refractivity contribution in [1.82, 2.24) is 9.62 Å². The van der Waals surface area contributed by atoms with Crippen LogP contribution in [0.25, 0.3) is 0 Å². The van der Waals surface area contributed by atoms with E-state index in [1.54, 1.807) is 19.2 Å². The van der Waals surface area contributed by atoms with E-state index >= 15 is 0 Å². The number of piperidine rings is 1. The highest BCUT2D eigenvalue weighted by Crippen LogP contribution is 2.32. The maximum absolute atomic E-state index is 13.2. The Labute approximate surface area is 160 Å². The third-order valence-electron chi connectivity index (χ3n) is 4.55. The van der Waals surface area contributed by atoms with Crippen LogP contribution in [0, 0.1) is 5.92 Å². The highest BCUT2D eigenvalue weighted by Gasteiger charge is 2.35. The van der Waals surface area contributed by atoms with Crippen molar-refractivity contribution in [3.63, 3.8) is 0 Å². The Hall–Kier alpha value is -1.84. The van der Waals surface area contributed by atoms with E-state index in [4.69, 9.17) is 14.2 Å². The molecular formula is C18H28N2O6S. The zero-order valence-electron chi connectivity index (χ0n) is 16.2. The molecule has 0 unspecified atom stereocenters. The van der Waals surface area contributed by atoms with Crippen molar-refractivity contribution in [2.75, 3.05) is 41.0 Å². The van der Waals surface area contributed by atoms with Crippen LogP contribution in [0.3, 0.4) is 0 Å². The van der Waals surface area contributed by atoms with Crippen molar-refractivity contribution >= 4 is 15.9 Å². The van der Waals surface area contributed by atoms with E-state index in [1.807, 2.05) is 6.92 Å². The molecule has 1 heterocycles. The lowest BCUT2D eigenvalue weighted by atomic mass is 9.98. The van der Waals surface area contributed by atoms with Gasteiger partial charge in [0.2, 0.25) is 15.9 Å². The second kappa shape index (κ2) is 9.38. The van der Waals surface area contributed by atoms with Gasteiger partial charge in [-0.05, 0) is 31.9 Å². The number of sulfonamides is 1. The van der Waals surface area contributed by atoms with Gasteiger partial charge in [-0.2, -0.15) is 4.31 Å². The smallest absolute Gasteiger partial charge is 0.246 e. The average Bonchev–Trinajstić information content (AvgIpc) is 2.67. The number of carbonyl (C=O) groups excluding carboxylic acids is 1. The zero-order chi connectivity index (χ0) is 20.0. The molecule has 0 bridgehead atoms. The molecule has 0 aromatic heterocycles. The van der Waals surface area contributed by atoms with Gasteiger partial charge in [0.05, 0.1) is 26.7 Å². The Balaban J connectivity index is 2.20. The topological polar surface area (TPSA) is 94.2 Å². The minimum Gasteiger partial charge on any atom is -0.497 e. The molecule has 152 valence electrons. The van der Waals surface area contributed by atoms with E-state index in [0.29, 0.717) is 31.7 Å². The second-order valence-corrected chi connectivity index (χ2v) is 8.49. The highest BCUT2D eigenvalue weighted by atomic mass is 32.2. The molecule has 9 heteroatoms. The molecule has 2 atom stereocenters. The maximum atomic E-state index is 13.2. The molecule has 0 aliphatic carbocycles. The molecular weight excluding hydrogens is 372 g/mol. The normalized spacial score (nSPS) is 19.3. The van der Waals surface area contributed by atoms with E-state index in [-0.39, 0.29) is 29.1 Å². The van der Waals surface area contributed by atoms with Crippen LogP contribution in [0.5, 0.6) is 11.5 Å². The molecule has 1 aliphatic heterocycles. The molecule has 1 aliphatic rings.